The summed E-state index contributed by atoms with van der Waals surface area (Å²) >= 11 is 1.42. The van der Waals surface area contributed by atoms with Crippen molar-refractivity contribution in [2.24, 2.45) is 0 Å². The second-order valence-corrected chi connectivity index (χ2v) is 7.55. The van der Waals surface area contributed by atoms with Crippen LogP contribution in [0.2, 0.25) is 0 Å². The van der Waals surface area contributed by atoms with Crippen molar-refractivity contribution in [3.8, 4) is 11.1 Å². The van der Waals surface area contributed by atoms with Crippen LogP contribution in [-0.2, 0) is 6.54 Å². The zero-order valence-corrected chi connectivity index (χ0v) is 16.2. The number of benzene rings is 2. The number of nitrogens with zero attached hydrogens (tertiary/aromatic N) is 3. The Labute approximate surface area is 164 Å². The predicted molar refractivity (Wildman–Crippen MR) is 111 cm³/mol. The van der Waals surface area contributed by atoms with Crippen LogP contribution in [0, 0.1) is 24.0 Å². The minimum absolute atomic E-state index is 0.00537. The molecule has 7 heteroatoms. The van der Waals surface area contributed by atoms with Crippen LogP contribution >= 0.6 is 11.3 Å². The molecular weight excluding hydrogens is 374 g/mol. The van der Waals surface area contributed by atoms with Crippen molar-refractivity contribution in [3.63, 3.8) is 0 Å². The fraction of sp³-hybridized carbons (Fsp3) is 0.143. The molecule has 0 atom stereocenters. The van der Waals surface area contributed by atoms with Crippen molar-refractivity contribution in [2.45, 2.75) is 20.4 Å². The summed E-state index contributed by atoms with van der Waals surface area (Å²) in [6.45, 7) is 4.19. The van der Waals surface area contributed by atoms with Crippen LogP contribution in [-0.4, -0.2) is 14.5 Å². The quantitative estimate of drug-likeness (QED) is 0.373. The van der Waals surface area contributed by atoms with Gasteiger partial charge in [-0.05, 0) is 30.5 Å². The van der Waals surface area contributed by atoms with Crippen LogP contribution in [0.3, 0.4) is 0 Å². The van der Waals surface area contributed by atoms with E-state index in [-0.39, 0.29) is 17.8 Å². The van der Waals surface area contributed by atoms with Crippen molar-refractivity contribution in [1.82, 2.24) is 9.55 Å². The molecule has 0 unspecified atom stereocenters. The van der Waals surface area contributed by atoms with Crippen LogP contribution < -0.4 is 5.56 Å². The van der Waals surface area contributed by atoms with E-state index in [0.29, 0.717) is 15.8 Å². The van der Waals surface area contributed by atoms with Crippen molar-refractivity contribution in [2.75, 3.05) is 0 Å². The zero-order chi connectivity index (χ0) is 19.8. The summed E-state index contributed by atoms with van der Waals surface area (Å²) in [6.07, 6.45) is 1.46. The lowest BCUT2D eigenvalue weighted by Gasteiger charge is -2.08. The maximum absolute atomic E-state index is 13.2. The maximum atomic E-state index is 13.2. The summed E-state index contributed by atoms with van der Waals surface area (Å²) in [5.41, 5.74) is 4.43. The molecular formula is C21H17N3O3S. The fourth-order valence-corrected chi connectivity index (χ4v) is 4.11. The van der Waals surface area contributed by atoms with Gasteiger partial charge < -0.3 is 0 Å². The number of thiophene rings is 1. The van der Waals surface area contributed by atoms with Crippen molar-refractivity contribution >= 4 is 27.2 Å². The smallest absolute Gasteiger partial charge is 0.274 e. The molecule has 2 aromatic heterocycles. The molecule has 0 aliphatic heterocycles. The van der Waals surface area contributed by atoms with E-state index < -0.39 is 4.92 Å². The normalized spacial score (nSPS) is 11.1. The van der Waals surface area contributed by atoms with Gasteiger partial charge in [0, 0.05) is 22.6 Å². The Morgan fingerprint density at radius 2 is 1.93 bits per heavy atom. The number of rotatable bonds is 4. The number of fused-ring (bicyclic) bond motifs is 1. The first-order valence-electron chi connectivity index (χ1n) is 8.72. The van der Waals surface area contributed by atoms with Crippen LogP contribution in [0.5, 0.6) is 0 Å². The summed E-state index contributed by atoms with van der Waals surface area (Å²) in [5.74, 6) is 0. The van der Waals surface area contributed by atoms with Gasteiger partial charge in [0.1, 0.15) is 4.83 Å². The molecule has 6 nitrogen and oxygen atoms in total. The maximum Gasteiger partial charge on any atom is 0.274 e. The molecule has 0 saturated heterocycles. The van der Waals surface area contributed by atoms with Gasteiger partial charge in [0.15, 0.2) is 0 Å². The number of para-hydroxylation sites is 1. The monoisotopic (exact) mass is 391 g/mol. The second kappa shape index (κ2) is 7.01. The summed E-state index contributed by atoms with van der Waals surface area (Å²) in [4.78, 5) is 29.1. The Kier molecular flexibility index (Phi) is 4.52. The van der Waals surface area contributed by atoms with E-state index in [0.717, 1.165) is 16.7 Å². The molecule has 4 aromatic rings. The first kappa shape index (κ1) is 18.1. The first-order valence-corrected chi connectivity index (χ1v) is 9.60. The zero-order valence-electron chi connectivity index (χ0n) is 15.4. The van der Waals surface area contributed by atoms with Crippen molar-refractivity contribution < 1.29 is 4.92 Å². The summed E-state index contributed by atoms with van der Waals surface area (Å²) in [6, 6.07) is 12.5. The van der Waals surface area contributed by atoms with Gasteiger partial charge in [-0.1, -0.05) is 36.4 Å². The lowest BCUT2D eigenvalue weighted by Crippen LogP contribution is -2.21. The molecule has 0 N–H and O–H groups in total. The Hall–Kier alpha value is -3.32. The molecule has 0 bridgehead atoms. The van der Waals surface area contributed by atoms with E-state index in [1.54, 1.807) is 18.2 Å². The van der Waals surface area contributed by atoms with Crippen LogP contribution in [0.15, 0.2) is 59.0 Å². The van der Waals surface area contributed by atoms with Gasteiger partial charge in [-0.25, -0.2) is 4.98 Å². The van der Waals surface area contributed by atoms with Gasteiger partial charge in [-0.15, -0.1) is 11.3 Å². The number of nitro groups is 1. The standard InChI is InChI=1S/C21H17N3O3S/c1-13-7-8-15(9-14(13)2)17-11-28-20-19(17)21(25)23(12-22-20)10-16-5-3-4-6-18(16)24(26)27/h3-9,11-12H,10H2,1-2H3. The van der Waals surface area contributed by atoms with E-state index in [9.17, 15) is 14.9 Å². The Morgan fingerprint density at radius 3 is 2.68 bits per heavy atom. The van der Waals surface area contributed by atoms with Crippen molar-refractivity contribution in [3.05, 3.63) is 91.3 Å². The lowest BCUT2D eigenvalue weighted by atomic mass is 10.0. The number of nitro benzene ring substituents is 1. The van der Waals surface area contributed by atoms with Gasteiger partial charge in [0.25, 0.3) is 11.2 Å². The minimum Gasteiger partial charge on any atom is -0.294 e. The highest BCUT2D eigenvalue weighted by Crippen LogP contribution is 2.31. The molecule has 0 spiro atoms. The highest BCUT2D eigenvalue weighted by Gasteiger charge is 2.17. The van der Waals surface area contributed by atoms with Crippen molar-refractivity contribution in [1.29, 1.82) is 0 Å². The third kappa shape index (κ3) is 3.10. The van der Waals surface area contributed by atoms with E-state index in [1.807, 2.05) is 31.4 Å². The highest BCUT2D eigenvalue weighted by atomic mass is 32.1. The SMILES string of the molecule is Cc1ccc(-c2csc3ncn(Cc4ccccc4[N+](=O)[O-])c(=O)c23)cc1C. The van der Waals surface area contributed by atoms with E-state index in [4.69, 9.17) is 0 Å². The Bertz CT molecular complexity index is 1270. The fourth-order valence-electron chi connectivity index (χ4n) is 3.21. The van der Waals surface area contributed by atoms with Crippen LogP contribution in [0.4, 0.5) is 5.69 Å². The van der Waals surface area contributed by atoms with Crippen LogP contribution in [0.1, 0.15) is 16.7 Å². The third-order valence-electron chi connectivity index (χ3n) is 4.91. The minimum atomic E-state index is -0.433. The molecule has 0 saturated carbocycles. The molecule has 0 fully saturated rings. The van der Waals surface area contributed by atoms with Gasteiger partial charge in [0.05, 0.1) is 23.2 Å². The molecule has 0 aliphatic carbocycles. The summed E-state index contributed by atoms with van der Waals surface area (Å²) in [7, 11) is 0. The largest absolute Gasteiger partial charge is 0.294 e. The average Bonchev–Trinajstić information content (AvgIpc) is 3.11. The lowest BCUT2D eigenvalue weighted by molar-refractivity contribution is -0.385. The highest BCUT2D eigenvalue weighted by molar-refractivity contribution is 7.17. The first-order chi connectivity index (χ1) is 13.5. The van der Waals surface area contributed by atoms with Gasteiger partial charge >= 0.3 is 0 Å². The summed E-state index contributed by atoms with van der Waals surface area (Å²) < 4.78 is 1.43. The predicted octanol–water partition coefficient (Wildman–Crippen LogP) is 4.70. The molecule has 140 valence electrons. The molecule has 0 radical (unpaired) electrons. The Morgan fingerprint density at radius 1 is 1.14 bits per heavy atom. The number of aryl methyl sites for hydroxylation is 2. The number of hydrogen-bond acceptors (Lipinski definition) is 5. The van der Waals surface area contributed by atoms with Gasteiger partial charge in [0.2, 0.25) is 0 Å². The van der Waals surface area contributed by atoms with Gasteiger partial charge in [-0.2, -0.15) is 0 Å². The van der Waals surface area contributed by atoms with E-state index in [1.165, 1.54) is 33.9 Å². The molecule has 2 aromatic carbocycles. The molecule has 2 heterocycles. The average molecular weight is 391 g/mol. The summed E-state index contributed by atoms with van der Waals surface area (Å²) in [5, 5.41) is 13.8. The van der Waals surface area contributed by atoms with E-state index in [2.05, 4.69) is 11.1 Å². The van der Waals surface area contributed by atoms with E-state index >= 15 is 0 Å². The molecule has 0 amide bonds. The number of aromatic nitrogens is 2. The van der Waals surface area contributed by atoms with Gasteiger partial charge in [-0.3, -0.25) is 19.5 Å². The molecule has 28 heavy (non-hydrogen) atoms. The molecule has 0 aliphatic rings. The number of hydrogen-bond donors (Lipinski definition) is 0. The molecule has 4 rings (SSSR count). The van der Waals surface area contributed by atoms with Crippen LogP contribution in [0.25, 0.3) is 21.3 Å². The Balaban J connectivity index is 1.85. The second-order valence-electron chi connectivity index (χ2n) is 6.69. The topological polar surface area (TPSA) is 78.0 Å². The third-order valence-corrected chi connectivity index (χ3v) is 5.79.